The number of hydrogen-bond donors (Lipinski definition) is 3. The van der Waals surface area contributed by atoms with E-state index in [0.717, 1.165) is 13.0 Å². The summed E-state index contributed by atoms with van der Waals surface area (Å²) in [5, 5.41) is 13.9. The van der Waals surface area contributed by atoms with Crippen LogP contribution in [0, 0.1) is 11.7 Å². The molecule has 3 N–H and O–H groups in total. The number of nitrogens with one attached hydrogen (secondary N) is 2. The molecule has 1 fully saturated rings. The lowest BCUT2D eigenvalue weighted by Crippen LogP contribution is -2.39. The maximum Gasteiger partial charge on any atom is 0.314 e. The number of urea groups is 1. The van der Waals surface area contributed by atoms with Gasteiger partial charge in [0.15, 0.2) is 0 Å². The first-order valence-corrected chi connectivity index (χ1v) is 7.79. The maximum atomic E-state index is 13.7. The second kappa shape index (κ2) is 8.36. The van der Waals surface area contributed by atoms with Crippen molar-refractivity contribution in [2.75, 3.05) is 31.1 Å². The Morgan fingerprint density at radius 3 is 2.83 bits per heavy atom. The number of benzene rings is 1. The van der Waals surface area contributed by atoms with Crippen molar-refractivity contribution in [3.8, 4) is 0 Å². The zero-order valence-corrected chi connectivity index (χ0v) is 12.9. The summed E-state index contributed by atoms with van der Waals surface area (Å²) in [4.78, 5) is 24.0. The quantitative estimate of drug-likeness (QED) is 0.669. The molecule has 0 radical (unpaired) electrons. The van der Waals surface area contributed by atoms with Gasteiger partial charge in [0.25, 0.3) is 0 Å². The lowest BCUT2D eigenvalue weighted by atomic mass is 10.1. The van der Waals surface area contributed by atoms with Gasteiger partial charge in [0, 0.05) is 32.6 Å². The summed E-state index contributed by atoms with van der Waals surface area (Å²) in [7, 11) is 0. The Hall–Kier alpha value is -2.31. The average Bonchev–Trinajstić information content (AvgIpc) is 2.98. The number of carbonyl (C=O) groups excluding carboxylic acids is 1. The number of halogens is 1. The number of carboxylic acids is 1. The summed E-state index contributed by atoms with van der Waals surface area (Å²) < 4.78 is 13.7. The molecular formula is C16H22FN3O3. The number of aliphatic carboxylic acids is 1. The Balaban J connectivity index is 1.67. The number of carboxylic acid groups (broad SMARTS) is 1. The number of hydrogen-bond acceptors (Lipinski definition) is 3. The van der Waals surface area contributed by atoms with Gasteiger partial charge >= 0.3 is 12.0 Å². The van der Waals surface area contributed by atoms with Crippen molar-refractivity contribution in [1.82, 2.24) is 10.6 Å². The van der Waals surface area contributed by atoms with E-state index in [1.54, 1.807) is 12.1 Å². The molecule has 6 nitrogen and oxygen atoms in total. The predicted molar refractivity (Wildman–Crippen MR) is 85.0 cm³/mol. The fourth-order valence-corrected chi connectivity index (χ4v) is 2.67. The number of nitrogens with zero attached hydrogens (tertiary/aromatic N) is 1. The molecular weight excluding hydrogens is 301 g/mol. The van der Waals surface area contributed by atoms with Crippen molar-refractivity contribution < 1.29 is 19.1 Å². The van der Waals surface area contributed by atoms with E-state index in [4.69, 9.17) is 5.11 Å². The third-order valence-electron chi connectivity index (χ3n) is 3.88. The number of anilines is 1. The highest BCUT2D eigenvalue weighted by molar-refractivity contribution is 5.74. The van der Waals surface area contributed by atoms with Gasteiger partial charge in [-0.05, 0) is 30.9 Å². The normalized spacial score (nSPS) is 17.1. The molecule has 1 aliphatic heterocycles. The molecule has 1 heterocycles. The van der Waals surface area contributed by atoms with Crippen LogP contribution in [0.15, 0.2) is 24.3 Å². The Bertz CT molecular complexity index is 553. The largest absolute Gasteiger partial charge is 0.481 e. The molecule has 2 amide bonds. The zero-order chi connectivity index (χ0) is 16.7. The molecule has 1 aromatic rings. The van der Waals surface area contributed by atoms with Gasteiger partial charge in [0.2, 0.25) is 0 Å². The Morgan fingerprint density at radius 1 is 1.30 bits per heavy atom. The molecule has 1 atom stereocenters. The lowest BCUT2D eigenvalue weighted by Gasteiger charge is -2.19. The van der Waals surface area contributed by atoms with E-state index < -0.39 is 5.97 Å². The SMILES string of the molecule is O=C(O)CCCNC(=O)NCC1CCN(c2ccccc2F)C1. The van der Waals surface area contributed by atoms with Crippen molar-refractivity contribution in [2.24, 2.45) is 5.92 Å². The van der Waals surface area contributed by atoms with Crippen molar-refractivity contribution in [3.63, 3.8) is 0 Å². The van der Waals surface area contributed by atoms with E-state index in [2.05, 4.69) is 10.6 Å². The second-order valence-electron chi connectivity index (χ2n) is 5.69. The topological polar surface area (TPSA) is 81.7 Å². The molecule has 0 spiro atoms. The van der Waals surface area contributed by atoms with Crippen LogP contribution in [-0.4, -0.2) is 43.3 Å². The Labute approximate surface area is 134 Å². The van der Waals surface area contributed by atoms with Gasteiger partial charge in [-0.25, -0.2) is 9.18 Å². The minimum Gasteiger partial charge on any atom is -0.481 e. The van der Waals surface area contributed by atoms with Gasteiger partial charge in [-0.2, -0.15) is 0 Å². The van der Waals surface area contributed by atoms with E-state index in [9.17, 15) is 14.0 Å². The van der Waals surface area contributed by atoms with E-state index in [0.29, 0.717) is 31.7 Å². The number of amides is 2. The molecule has 126 valence electrons. The van der Waals surface area contributed by atoms with E-state index in [1.165, 1.54) is 6.07 Å². The number of para-hydroxylation sites is 1. The van der Waals surface area contributed by atoms with Crippen LogP contribution in [0.2, 0.25) is 0 Å². The predicted octanol–water partition coefficient (Wildman–Crippen LogP) is 1.82. The third kappa shape index (κ3) is 5.43. The summed E-state index contributed by atoms with van der Waals surface area (Å²) >= 11 is 0. The Morgan fingerprint density at radius 2 is 2.09 bits per heavy atom. The summed E-state index contributed by atoms with van der Waals surface area (Å²) in [6.07, 6.45) is 1.35. The molecule has 2 rings (SSSR count). The van der Waals surface area contributed by atoms with Gasteiger partial charge in [0.05, 0.1) is 5.69 Å². The van der Waals surface area contributed by atoms with Gasteiger partial charge < -0.3 is 20.6 Å². The van der Waals surface area contributed by atoms with E-state index in [1.807, 2.05) is 11.0 Å². The summed E-state index contributed by atoms with van der Waals surface area (Å²) in [6.45, 7) is 2.34. The minimum atomic E-state index is -0.869. The van der Waals surface area contributed by atoms with E-state index >= 15 is 0 Å². The minimum absolute atomic E-state index is 0.0422. The highest BCUT2D eigenvalue weighted by atomic mass is 19.1. The monoisotopic (exact) mass is 323 g/mol. The number of rotatable bonds is 7. The highest BCUT2D eigenvalue weighted by Gasteiger charge is 2.24. The molecule has 1 unspecified atom stereocenters. The molecule has 23 heavy (non-hydrogen) atoms. The molecule has 7 heteroatoms. The van der Waals surface area contributed by atoms with Gasteiger partial charge in [0.1, 0.15) is 5.82 Å². The molecule has 0 bridgehead atoms. The van der Waals surface area contributed by atoms with Crippen LogP contribution in [0.1, 0.15) is 19.3 Å². The van der Waals surface area contributed by atoms with Crippen LogP contribution >= 0.6 is 0 Å². The zero-order valence-electron chi connectivity index (χ0n) is 12.9. The van der Waals surface area contributed by atoms with Gasteiger partial charge in [-0.3, -0.25) is 4.79 Å². The fraction of sp³-hybridized carbons (Fsp3) is 0.500. The first-order chi connectivity index (χ1) is 11.1. The molecule has 0 saturated carbocycles. The molecule has 1 saturated heterocycles. The summed E-state index contributed by atoms with van der Waals surface area (Å²) in [6, 6.07) is 6.41. The second-order valence-corrected chi connectivity index (χ2v) is 5.69. The Kier molecular flexibility index (Phi) is 6.19. The van der Waals surface area contributed by atoms with Gasteiger partial charge in [-0.1, -0.05) is 12.1 Å². The highest BCUT2D eigenvalue weighted by Crippen LogP contribution is 2.25. The van der Waals surface area contributed by atoms with E-state index in [-0.39, 0.29) is 24.2 Å². The van der Waals surface area contributed by atoms with Crippen LogP contribution in [0.3, 0.4) is 0 Å². The van der Waals surface area contributed by atoms with Crippen LogP contribution in [0.25, 0.3) is 0 Å². The molecule has 1 aromatic carbocycles. The summed E-state index contributed by atoms with van der Waals surface area (Å²) in [5.41, 5.74) is 0.605. The molecule has 1 aliphatic rings. The first kappa shape index (κ1) is 17.1. The maximum absolute atomic E-state index is 13.7. The van der Waals surface area contributed by atoms with Crippen molar-refractivity contribution in [3.05, 3.63) is 30.1 Å². The molecule has 0 aliphatic carbocycles. The molecule has 0 aromatic heterocycles. The van der Waals surface area contributed by atoms with Crippen molar-refractivity contribution >= 4 is 17.7 Å². The summed E-state index contributed by atoms with van der Waals surface area (Å²) in [5.74, 6) is -0.817. The van der Waals surface area contributed by atoms with Crippen LogP contribution < -0.4 is 15.5 Å². The smallest absolute Gasteiger partial charge is 0.314 e. The fourth-order valence-electron chi connectivity index (χ4n) is 2.67. The van der Waals surface area contributed by atoms with Crippen LogP contribution in [0.4, 0.5) is 14.9 Å². The van der Waals surface area contributed by atoms with Crippen molar-refractivity contribution in [2.45, 2.75) is 19.3 Å². The number of carbonyl (C=O) groups is 2. The van der Waals surface area contributed by atoms with Crippen LogP contribution in [-0.2, 0) is 4.79 Å². The lowest BCUT2D eigenvalue weighted by molar-refractivity contribution is -0.137. The standard InChI is InChI=1S/C16H22FN3O3/c17-13-4-1-2-5-14(13)20-9-7-12(11-20)10-19-16(23)18-8-3-6-15(21)22/h1-2,4-5,12H,3,6-11H2,(H,21,22)(H2,18,19,23). The average molecular weight is 323 g/mol. The van der Waals surface area contributed by atoms with Gasteiger partial charge in [-0.15, -0.1) is 0 Å². The first-order valence-electron chi connectivity index (χ1n) is 7.79. The third-order valence-corrected chi connectivity index (χ3v) is 3.88. The van der Waals surface area contributed by atoms with Crippen molar-refractivity contribution in [1.29, 1.82) is 0 Å². The van der Waals surface area contributed by atoms with Crippen LogP contribution in [0.5, 0.6) is 0 Å².